The molecule has 5 heterocycles. The number of halogens is 2. The van der Waals surface area contributed by atoms with Gasteiger partial charge in [0.15, 0.2) is 0 Å². The molecule has 0 unspecified atom stereocenters. The second-order valence-electron chi connectivity index (χ2n) is 8.64. The molecule has 0 spiro atoms. The van der Waals surface area contributed by atoms with Crippen LogP contribution in [0.4, 0.5) is 5.69 Å². The molecule has 0 saturated carbocycles. The number of hydrogen-bond acceptors (Lipinski definition) is 5. The van der Waals surface area contributed by atoms with Crippen LogP contribution in [0.25, 0.3) is 0 Å². The first-order valence-corrected chi connectivity index (χ1v) is 10.7. The van der Waals surface area contributed by atoms with Crippen molar-refractivity contribution in [2.75, 3.05) is 44.2 Å². The summed E-state index contributed by atoms with van der Waals surface area (Å²) >= 11 is 0. The van der Waals surface area contributed by atoms with Crippen molar-refractivity contribution in [2.24, 2.45) is 11.8 Å². The zero-order valence-corrected chi connectivity index (χ0v) is 18.7. The molecule has 2 amide bonds. The molecule has 2 bridgehead atoms. The van der Waals surface area contributed by atoms with Crippen LogP contribution < -0.4 is 10.2 Å². The van der Waals surface area contributed by atoms with E-state index in [1.54, 1.807) is 0 Å². The molecule has 1 N–H and O–H groups in total. The molecule has 1 aromatic rings. The molecule has 0 aliphatic carbocycles. The van der Waals surface area contributed by atoms with Gasteiger partial charge in [0.2, 0.25) is 11.8 Å². The average Bonchev–Trinajstić information content (AvgIpc) is 2.75. The summed E-state index contributed by atoms with van der Waals surface area (Å²) < 4.78 is 0. The molecule has 7 nitrogen and oxygen atoms in total. The predicted molar refractivity (Wildman–Crippen MR) is 120 cm³/mol. The van der Waals surface area contributed by atoms with Crippen LogP contribution in [0.5, 0.6) is 0 Å². The van der Waals surface area contributed by atoms with Crippen LogP contribution in [0, 0.1) is 11.8 Å². The zero-order valence-electron chi connectivity index (χ0n) is 17.1. The number of carbonyl (C=O) groups is 2. The number of fused-ring (bicyclic) bond motifs is 4. The number of anilines is 1. The summed E-state index contributed by atoms with van der Waals surface area (Å²) in [4.78, 5) is 36.8. The number of piperazine rings is 1. The van der Waals surface area contributed by atoms with Crippen LogP contribution in [-0.4, -0.2) is 78.0 Å². The lowest BCUT2D eigenvalue weighted by molar-refractivity contribution is -0.162. The predicted octanol–water partition coefficient (Wildman–Crippen LogP) is 1.56. The van der Waals surface area contributed by atoms with E-state index in [0.29, 0.717) is 25.4 Å². The van der Waals surface area contributed by atoms with Gasteiger partial charge >= 0.3 is 0 Å². The van der Waals surface area contributed by atoms with Crippen LogP contribution in [0.15, 0.2) is 24.5 Å². The van der Waals surface area contributed by atoms with Crippen LogP contribution in [0.2, 0.25) is 0 Å². The molecule has 4 aliphatic rings. The highest BCUT2D eigenvalue weighted by molar-refractivity contribution is 5.89. The van der Waals surface area contributed by atoms with E-state index in [4.69, 9.17) is 0 Å². The van der Waals surface area contributed by atoms with Gasteiger partial charge in [-0.3, -0.25) is 14.6 Å². The molecule has 4 aliphatic heterocycles. The van der Waals surface area contributed by atoms with Gasteiger partial charge in [-0.2, -0.15) is 0 Å². The van der Waals surface area contributed by atoms with Crippen molar-refractivity contribution in [2.45, 2.75) is 37.8 Å². The Morgan fingerprint density at radius 2 is 1.73 bits per heavy atom. The Bertz CT molecular complexity index is 744. The van der Waals surface area contributed by atoms with Gasteiger partial charge in [0.1, 0.15) is 6.04 Å². The summed E-state index contributed by atoms with van der Waals surface area (Å²) in [6, 6.07) is 4.01. The van der Waals surface area contributed by atoms with Gasteiger partial charge in [-0.1, -0.05) is 0 Å². The summed E-state index contributed by atoms with van der Waals surface area (Å²) in [5.74, 6) is 1.13. The summed E-state index contributed by atoms with van der Waals surface area (Å²) in [7, 11) is 0. The number of aromatic nitrogens is 1. The van der Waals surface area contributed by atoms with E-state index in [1.807, 2.05) is 34.3 Å². The average molecular weight is 456 g/mol. The Morgan fingerprint density at radius 1 is 1.03 bits per heavy atom. The van der Waals surface area contributed by atoms with E-state index >= 15 is 0 Å². The molecule has 1 aromatic heterocycles. The van der Waals surface area contributed by atoms with E-state index in [-0.39, 0.29) is 54.6 Å². The number of rotatable bonds is 2. The highest BCUT2D eigenvalue weighted by atomic mass is 35.5. The van der Waals surface area contributed by atoms with Crippen molar-refractivity contribution >= 4 is 42.3 Å². The number of nitrogens with zero attached hydrogens (tertiary/aromatic N) is 4. The third kappa shape index (κ3) is 4.12. The lowest BCUT2D eigenvalue weighted by Crippen LogP contribution is -2.69. The maximum atomic E-state index is 13.6. The topological polar surface area (TPSA) is 68.8 Å². The molecular formula is C21H31Cl2N5O2. The highest BCUT2D eigenvalue weighted by Crippen LogP contribution is 2.40. The van der Waals surface area contributed by atoms with E-state index in [2.05, 4.69) is 15.2 Å². The van der Waals surface area contributed by atoms with Crippen molar-refractivity contribution in [3.8, 4) is 0 Å². The first-order valence-electron chi connectivity index (χ1n) is 10.7. The largest absolute Gasteiger partial charge is 0.368 e. The van der Waals surface area contributed by atoms with Gasteiger partial charge in [0, 0.05) is 69.2 Å². The second kappa shape index (κ2) is 9.71. The van der Waals surface area contributed by atoms with E-state index in [9.17, 15) is 9.59 Å². The normalized spacial score (nSPS) is 30.7. The molecule has 0 aromatic carbocycles. The molecule has 4 fully saturated rings. The minimum absolute atomic E-state index is 0. The molecule has 4 atom stereocenters. The number of hydrogen-bond donors (Lipinski definition) is 1. The van der Waals surface area contributed by atoms with Gasteiger partial charge in [-0.15, -0.1) is 24.8 Å². The molecule has 30 heavy (non-hydrogen) atoms. The monoisotopic (exact) mass is 455 g/mol. The lowest BCUT2D eigenvalue weighted by atomic mass is 9.72. The summed E-state index contributed by atoms with van der Waals surface area (Å²) in [6.07, 6.45) is 7.31. The van der Waals surface area contributed by atoms with Gasteiger partial charge in [0.05, 0.1) is 0 Å². The minimum Gasteiger partial charge on any atom is -0.368 e. The third-order valence-corrected chi connectivity index (χ3v) is 7.12. The standard InChI is InChI=1S/C21H29N5O2.2ClH/c27-19-3-1-2-18-15-12-16(14-23-13-15)20(26(18)19)21(28)25-10-8-24(9-11-25)17-4-6-22-7-5-17;;/h4-7,15-16,18,20,23H,1-3,8-14H2;2*1H/t15-,16+,18+,20-;;/m1../s1. The maximum Gasteiger partial charge on any atom is 0.245 e. The van der Waals surface area contributed by atoms with Crippen molar-refractivity contribution in [3.05, 3.63) is 24.5 Å². The van der Waals surface area contributed by atoms with Crippen LogP contribution in [0.1, 0.15) is 25.7 Å². The summed E-state index contributed by atoms with van der Waals surface area (Å²) in [5, 5.41) is 3.53. The van der Waals surface area contributed by atoms with E-state index < -0.39 is 0 Å². The molecule has 4 saturated heterocycles. The molecule has 0 radical (unpaired) electrons. The van der Waals surface area contributed by atoms with Crippen molar-refractivity contribution < 1.29 is 9.59 Å². The smallest absolute Gasteiger partial charge is 0.245 e. The van der Waals surface area contributed by atoms with Crippen molar-refractivity contribution in [1.29, 1.82) is 0 Å². The van der Waals surface area contributed by atoms with Crippen molar-refractivity contribution in [3.63, 3.8) is 0 Å². The highest BCUT2D eigenvalue weighted by Gasteiger charge is 2.51. The maximum absolute atomic E-state index is 13.6. The Kier molecular flexibility index (Phi) is 7.47. The van der Waals surface area contributed by atoms with Gasteiger partial charge < -0.3 is 20.0 Å². The van der Waals surface area contributed by atoms with Crippen LogP contribution >= 0.6 is 24.8 Å². The van der Waals surface area contributed by atoms with Gasteiger partial charge in [-0.05, 0) is 43.9 Å². The molecule has 166 valence electrons. The van der Waals surface area contributed by atoms with E-state index in [1.165, 1.54) is 0 Å². The third-order valence-electron chi connectivity index (χ3n) is 7.12. The summed E-state index contributed by atoms with van der Waals surface area (Å²) in [5.41, 5.74) is 1.16. The fourth-order valence-electron chi connectivity index (χ4n) is 5.76. The Morgan fingerprint density at radius 3 is 2.47 bits per heavy atom. The zero-order chi connectivity index (χ0) is 19.1. The molecule has 9 heteroatoms. The number of carbonyl (C=O) groups excluding carboxylic acids is 2. The van der Waals surface area contributed by atoms with Gasteiger partial charge in [-0.25, -0.2) is 0 Å². The Hall–Kier alpha value is -1.57. The number of pyridine rings is 1. The number of amides is 2. The van der Waals surface area contributed by atoms with Crippen LogP contribution in [0.3, 0.4) is 0 Å². The molecule has 5 rings (SSSR count). The van der Waals surface area contributed by atoms with E-state index in [0.717, 1.165) is 51.1 Å². The summed E-state index contributed by atoms with van der Waals surface area (Å²) in [6.45, 7) is 4.91. The number of nitrogens with one attached hydrogen (secondary N) is 1. The van der Waals surface area contributed by atoms with Gasteiger partial charge in [0.25, 0.3) is 0 Å². The fraction of sp³-hybridized carbons (Fsp3) is 0.667. The SMILES string of the molecule is Cl.Cl.O=C([C@H]1[C@@H]2CNC[C@@H](C2)[C@@H]2CCCC(=O)N21)N1CCN(c2ccncc2)CC1. The number of piperidine rings is 3. The van der Waals surface area contributed by atoms with Crippen molar-refractivity contribution in [1.82, 2.24) is 20.1 Å². The fourth-order valence-corrected chi connectivity index (χ4v) is 5.76. The first kappa shape index (κ1) is 23.1. The first-order chi connectivity index (χ1) is 13.7. The Balaban J connectivity index is 0.00000128. The Labute approximate surface area is 190 Å². The minimum atomic E-state index is -0.269. The molecular weight excluding hydrogens is 425 g/mol. The quantitative estimate of drug-likeness (QED) is 0.732. The second-order valence-corrected chi connectivity index (χ2v) is 8.64. The lowest BCUT2D eigenvalue weighted by Gasteiger charge is -2.55. The van der Waals surface area contributed by atoms with Crippen LogP contribution in [-0.2, 0) is 9.59 Å².